The molecule has 1 heteroatoms. The number of ketones is 1. The Labute approximate surface area is 120 Å². The third-order valence-corrected chi connectivity index (χ3v) is 4.67. The molecule has 0 spiro atoms. The minimum atomic E-state index is 0.229. The molecule has 0 heterocycles. The molecule has 19 heavy (non-hydrogen) atoms. The van der Waals surface area contributed by atoms with E-state index in [2.05, 4.69) is 41.2 Å². The van der Waals surface area contributed by atoms with Crippen LogP contribution in [0.4, 0.5) is 0 Å². The highest BCUT2D eigenvalue weighted by Gasteiger charge is 2.32. The van der Waals surface area contributed by atoms with Crippen LogP contribution in [0.15, 0.2) is 12.7 Å². The highest BCUT2D eigenvalue weighted by molar-refractivity contribution is 5.78. The summed E-state index contributed by atoms with van der Waals surface area (Å²) in [5.41, 5.74) is 0.491. The SMILES string of the molecule is C=CCCCCCCC(=O)CCC(C)(C)C(C)(C)C. The van der Waals surface area contributed by atoms with Crippen molar-refractivity contribution in [2.75, 3.05) is 0 Å². The second kappa shape index (κ2) is 8.55. The molecule has 0 aliphatic heterocycles. The van der Waals surface area contributed by atoms with Gasteiger partial charge in [0.2, 0.25) is 0 Å². The number of rotatable bonds is 10. The van der Waals surface area contributed by atoms with Crippen LogP contribution in [0.5, 0.6) is 0 Å². The summed E-state index contributed by atoms with van der Waals surface area (Å²) in [6.07, 6.45) is 10.3. The maximum atomic E-state index is 11.9. The molecule has 0 unspecified atom stereocenters. The first-order valence-corrected chi connectivity index (χ1v) is 7.83. The van der Waals surface area contributed by atoms with E-state index in [1.165, 1.54) is 19.3 Å². The number of carbonyl (C=O) groups excluding carboxylic acids is 1. The van der Waals surface area contributed by atoms with E-state index in [-0.39, 0.29) is 10.8 Å². The van der Waals surface area contributed by atoms with Gasteiger partial charge in [0.15, 0.2) is 0 Å². The second-order valence-electron chi connectivity index (χ2n) is 7.41. The van der Waals surface area contributed by atoms with Gasteiger partial charge in [-0.3, -0.25) is 4.79 Å². The minimum absolute atomic E-state index is 0.229. The van der Waals surface area contributed by atoms with Crippen LogP contribution in [-0.4, -0.2) is 5.78 Å². The second-order valence-corrected chi connectivity index (χ2v) is 7.41. The topological polar surface area (TPSA) is 17.1 Å². The summed E-state index contributed by atoms with van der Waals surface area (Å²) in [6, 6.07) is 0. The van der Waals surface area contributed by atoms with Gasteiger partial charge in [-0.15, -0.1) is 6.58 Å². The van der Waals surface area contributed by atoms with Crippen LogP contribution in [0, 0.1) is 10.8 Å². The zero-order valence-electron chi connectivity index (χ0n) is 13.8. The van der Waals surface area contributed by atoms with E-state index in [1.807, 2.05) is 6.08 Å². The number of allylic oxidation sites excluding steroid dienone is 1. The Morgan fingerprint density at radius 3 is 2.05 bits per heavy atom. The molecule has 0 saturated carbocycles. The predicted molar refractivity (Wildman–Crippen MR) is 85.4 cm³/mol. The molecule has 0 rings (SSSR count). The van der Waals surface area contributed by atoms with Crippen molar-refractivity contribution in [2.45, 2.75) is 86.0 Å². The van der Waals surface area contributed by atoms with Gasteiger partial charge in [-0.25, -0.2) is 0 Å². The number of carbonyl (C=O) groups is 1. The van der Waals surface area contributed by atoms with Crippen LogP contribution in [0.2, 0.25) is 0 Å². The molecule has 0 aliphatic carbocycles. The molecular formula is C18H34O. The molecule has 0 aliphatic rings. The maximum Gasteiger partial charge on any atom is 0.132 e. The van der Waals surface area contributed by atoms with Gasteiger partial charge in [-0.2, -0.15) is 0 Å². The largest absolute Gasteiger partial charge is 0.300 e. The van der Waals surface area contributed by atoms with E-state index in [0.29, 0.717) is 5.78 Å². The van der Waals surface area contributed by atoms with Gasteiger partial charge in [0.1, 0.15) is 5.78 Å². The zero-order valence-corrected chi connectivity index (χ0v) is 13.8. The first kappa shape index (κ1) is 18.4. The highest BCUT2D eigenvalue weighted by atomic mass is 16.1. The Balaban J connectivity index is 3.73. The lowest BCUT2D eigenvalue weighted by Gasteiger charge is -2.39. The molecule has 0 fully saturated rings. The van der Waals surface area contributed by atoms with E-state index >= 15 is 0 Å². The van der Waals surface area contributed by atoms with Crippen molar-refractivity contribution in [2.24, 2.45) is 10.8 Å². The smallest absolute Gasteiger partial charge is 0.132 e. The standard InChI is InChI=1S/C18H34O/c1-7-8-9-10-11-12-13-16(19)14-15-18(5,6)17(2,3)4/h7H,1,8-15H2,2-6H3. The zero-order chi connectivity index (χ0) is 14.9. The van der Waals surface area contributed by atoms with Crippen molar-refractivity contribution >= 4 is 5.78 Å². The van der Waals surface area contributed by atoms with Crippen LogP contribution in [0.1, 0.15) is 86.0 Å². The minimum Gasteiger partial charge on any atom is -0.300 e. The van der Waals surface area contributed by atoms with Crippen LogP contribution in [0.3, 0.4) is 0 Å². The molecule has 112 valence electrons. The first-order valence-electron chi connectivity index (χ1n) is 7.83. The predicted octanol–water partition coefficient (Wildman–Crippen LogP) is 5.93. The van der Waals surface area contributed by atoms with Gasteiger partial charge in [0, 0.05) is 12.8 Å². The molecule has 0 N–H and O–H groups in total. The fraction of sp³-hybridized carbons (Fsp3) is 0.833. The van der Waals surface area contributed by atoms with E-state index in [0.717, 1.165) is 32.1 Å². The lowest BCUT2D eigenvalue weighted by molar-refractivity contribution is -0.120. The highest BCUT2D eigenvalue weighted by Crippen LogP contribution is 2.41. The van der Waals surface area contributed by atoms with Crippen molar-refractivity contribution in [3.8, 4) is 0 Å². The van der Waals surface area contributed by atoms with E-state index < -0.39 is 0 Å². The van der Waals surface area contributed by atoms with E-state index in [4.69, 9.17) is 0 Å². The number of unbranched alkanes of at least 4 members (excludes halogenated alkanes) is 4. The summed E-state index contributed by atoms with van der Waals surface area (Å²) in [6.45, 7) is 15.0. The molecule has 0 amide bonds. The summed E-state index contributed by atoms with van der Waals surface area (Å²) >= 11 is 0. The third kappa shape index (κ3) is 8.23. The number of hydrogen-bond donors (Lipinski definition) is 0. The van der Waals surface area contributed by atoms with Crippen LogP contribution in [0.25, 0.3) is 0 Å². The average molecular weight is 266 g/mol. The van der Waals surface area contributed by atoms with Gasteiger partial charge in [-0.05, 0) is 36.5 Å². The molecule has 0 aromatic heterocycles. The molecule has 0 bridgehead atoms. The molecule has 1 nitrogen and oxygen atoms in total. The summed E-state index contributed by atoms with van der Waals surface area (Å²) in [4.78, 5) is 11.9. The number of Topliss-reactive ketones (excluding diaryl/α,β-unsaturated/α-hetero) is 1. The Morgan fingerprint density at radius 1 is 0.947 bits per heavy atom. The van der Waals surface area contributed by atoms with Crippen molar-refractivity contribution in [1.82, 2.24) is 0 Å². The monoisotopic (exact) mass is 266 g/mol. The molecule has 0 radical (unpaired) electrons. The Hall–Kier alpha value is -0.590. The molecule has 0 saturated heterocycles. The summed E-state index contributed by atoms with van der Waals surface area (Å²) in [5.74, 6) is 0.445. The Morgan fingerprint density at radius 2 is 1.53 bits per heavy atom. The first-order chi connectivity index (χ1) is 8.70. The van der Waals surface area contributed by atoms with Crippen molar-refractivity contribution in [1.29, 1.82) is 0 Å². The molecule has 0 aromatic rings. The van der Waals surface area contributed by atoms with E-state index in [1.54, 1.807) is 0 Å². The van der Waals surface area contributed by atoms with Crippen molar-refractivity contribution < 1.29 is 4.79 Å². The molecule has 0 aromatic carbocycles. The molecular weight excluding hydrogens is 232 g/mol. The van der Waals surface area contributed by atoms with Crippen LogP contribution >= 0.6 is 0 Å². The van der Waals surface area contributed by atoms with Crippen LogP contribution < -0.4 is 0 Å². The summed E-state index contributed by atoms with van der Waals surface area (Å²) in [5, 5.41) is 0. The van der Waals surface area contributed by atoms with Gasteiger partial charge >= 0.3 is 0 Å². The van der Waals surface area contributed by atoms with Gasteiger partial charge in [0.05, 0.1) is 0 Å². The van der Waals surface area contributed by atoms with Gasteiger partial charge in [0.25, 0.3) is 0 Å². The molecule has 0 atom stereocenters. The summed E-state index contributed by atoms with van der Waals surface area (Å²) in [7, 11) is 0. The lowest BCUT2D eigenvalue weighted by Crippen LogP contribution is -2.30. The van der Waals surface area contributed by atoms with Crippen molar-refractivity contribution in [3.63, 3.8) is 0 Å². The average Bonchev–Trinajstić information content (AvgIpc) is 2.29. The lowest BCUT2D eigenvalue weighted by atomic mass is 9.66. The Kier molecular flexibility index (Phi) is 8.29. The fourth-order valence-corrected chi connectivity index (χ4v) is 1.92. The summed E-state index contributed by atoms with van der Waals surface area (Å²) < 4.78 is 0. The Bertz CT molecular complexity index is 268. The maximum absolute atomic E-state index is 11.9. The normalized spacial score (nSPS) is 12.5. The van der Waals surface area contributed by atoms with Gasteiger partial charge < -0.3 is 0 Å². The van der Waals surface area contributed by atoms with Gasteiger partial charge in [-0.1, -0.05) is 53.5 Å². The van der Waals surface area contributed by atoms with E-state index in [9.17, 15) is 4.79 Å². The fourth-order valence-electron chi connectivity index (χ4n) is 1.92. The third-order valence-electron chi connectivity index (χ3n) is 4.67. The quantitative estimate of drug-likeness (QED) is 0.353. The number of hydrogen-bond acceptors (Lipinski definition) is 1. The van der Waals surface area contributed by atoms with Crippen LogP contribution in [-0.2, 0) is 4.79 Å². The van der Waals surface area contributed by atoms with Crippen molar-refractivity contribution in [3.05, 3.63) is 12.7 Å².